The van der Waals surface area contributed by atoms with Gasteiger partial charge in [0.05, 0.1) is 0 Å². The molecule has 4 nitrogen and oxygen atoms in total. The zero-order valence-electron chi connectivity index (χ0n) is 12.0. The second kappa shape index (κ2) is 10.6. The van der Waals surface area contributed by atoms with Crippen LogP contribution >= 0.6 is 0 Å². The summed E-state index contributed by atoms with van der Waals surface area (Å²) in [6.07, 6.45) is 0. The second-order valence-corrected chi connectivity index (χ2v) is 11.6. The molecule has 1 N–H and O–H groups in total. The molecule has 0 aliphatic carbocycles. The molecule has 0 spiro atoms. The molecular weight excluding hydrogens is 325 g/mol. The Balaban J connectivity index is 4.40. The zero-order chi connectivity index (χ0) is 13.1. The van der Waals surface area contributed by atoms with Crippen LogP contribution in [-0.2, 0) is 9.22 Å². The van der Waals surface area contributed by atoms with Gasteiger partial charge in [0.1, 0.15) is 0 Å². The summed E-state index contributed by atoms with van der Waals surface area (Å²) < 4.78 is 18.7. The van der Waals surface area contributed by atoms with Crippen LogP contribution in [0.3, 0.4) is 0 Å². The van der Waals surface area contributed by atoms with Gasteiger partial charge in [0.25, 0.3) is 0 Å². The minimum atomic E-state index is -3.26. The minimum absolute atomic E-state index is 0.537. The van der Waals surface area contributed by atoms with E-state index in [0.29, 0.717) is 25.7 Å². The Kier molecular flexibility index (Phi) is 10.9. The summed E-state index contributed by atoms with van der Waals surface area (Å²) in [6.45, 7) is 14.4. The van der Waals surface area contributed by atoms with Crippen LogP contribution in [0.2, 0.25) is 4.44 Å². The first-order valence-corrected chi connectivity index (χ1v) is 12.3. The van der Waals surface area contributed by atoms with Gasteiger partial charge in [-0.2, -0.15) is 0 Å². The molecule has 0 saturated heterocycles. The van der Waals surface area contributed by atoms with Gasteiger partial charge in [0.15, 0.2) is 0 Å². The standard InChI is InChI=1S/C6H14N.3C2H5O.Sn/c1-4-7-5-6(2)3;3*1-2-3;/h6-7H,2,4-5H2,1,3H3;3*2H2,1H3;/q;3*-1;+3. The van der Waals surface area contributed by atoms with Crippen LogP contribution in [0.25, 0.3) is 0 Å². The van der Waals surface area contributed by atoms with E-state index in [4.69, 9.17) is 9.22 Å². The van der Waals surface area contributed by atoms with Crippen LogP contribution in [0.1, 0.15) is 34.6 Å². The van der Waals surface area contributed by atoms with E-state index < -0.39 is 19.6 Å². The Morgan fingerprint density at radius 1 is 0.941 bits per heavy atom. The monoisotopic (exact) mass is 355 g/mol. The van der Waals surface area contributed by atoms with Crippen molar-refractivity contribution in [1.29, 1.82) is 0 Å². The predicted molar refractivity (Wildman–Crippen MR) is 73.1 cm³/mol. The van der Waals surface area contributed by atoms with Crippen LogP contribution in [0.15, 0.2) is 0 Å². The van der Waals surface area contributed by atoms with Crippen LogP contribution in [0, 0.1) is 5.92 Å². The summed E-state index contributed by atoms with van der Waals surface area (Å²) in [6, 6.07) is 0. The van der Waals surface area contributed by atoms with Gasteiger partial charge in [-0.15, -0.1) is 0 Å². The van der Waals surface area contributed by atoms with Gasteiger partial charge in [-0.25, -0.2) is 0 Å². The molecule has 0 heterocycles. The van der Waals surface area contributed by atoms with Crippen molar-refractivity contribution in [2.24, 2.45) is 5.92 Å². The molecule has 5 heteroatoms. The molecule has 0 fully saturated rings. The van der Waals surface area contributed by atoms with E-state index in [1.54, 1.807) is 0 Å². The Bertz CT molecular complexity index is 164. The average Bonchev–Trinajstić information content (AvgIpc) is 2.27. The fourth-order valence-electron chi connectivity index (χ4n) is 1.85. The third kappa shape index (κ3) is 7.61. The zero-order valence-corrected chi connectivity index (χ0v) is 14.9. The predicted octanol–water partition coefficient (Wildman–Crippen LogP) is 2.28. The third-order valence-electron chi connectivity index (χ3n) is 2.43. The number of hydrogen-bond acceptors (Lipinski definition) is 4. The molecule has 0 aliphatic rings. The molecule has 0 aliphatic heterocycles. The molecule has 0 radical (unpaired) electrons. The normalized spacial score (nSPS) is 13.9. The fraction of sp³-hybridized carbons (Fsp3) is 1.00. The van der Waals surface area contributed by atoms with Gasteiger partial charge in [-0.05, 0) is 0 Å². The van der Waals surface area contributed by atoms with Crippen molar-refractivity contribution in [2.45, 2.75) is 39.1 Å². The van der Waals surface area contributed by atoms with E-state index >= 15 is 0 Å². The first-order valence-electron chi connectivity index (χ1n) is 6.76. The summed E-state index contributed by atoms with van der Waals surface area (Å²) in [5.41, 5.74) is 0. The summed E-state index contributed by atoms with van der Waals surface area (Å²) in [5, 5.41) is 3.36. The molecule has 0 bridgehead atoms. The molecule has 17 heavy (non-hydrogen) atoms. The quantitative estimate of drug-likeness (QED) is 0.578. The van der Waals surface area contributed by atoms with Crippen molar-refractivity contribution < 1.29 is 9.22 Å². The van der Waals surface area contributed by atoms with E-state index in [1.807, 2.05) is 20.8 Å². The first-order chi connectivity index (χ1) is 8.14. The van der Waals surface area contributed by atoms with E-state index in [-0.39, 0.29) is 0 Å². The van der Waals surface area contributed by atoms with E-state index in [9.17, 15) is 0 Å². The molecule has 0 aromatic rings. The number of hydrogen-bond donors (Lipinski definition) is 1. The molecule has 1 unspecified atom stereocenters. The maximum atomic E-state index is 5.90. The van der Waals surface area contributed by atoms with Gasteiger partial charge in [-0.3, -0.25) is 0 Å². The number of nitrogens with one attached hydrogen (secondary N) is 1. The van der Waals surface area contributed by atoms with Crippen LogP contribution in [-0.4, -0.2) is 52.5 Å². The van der Waals surface area contributed by atoms with Crippen LogP contribution in [0.5, 0.6) is 0 Å². The summed E-state index contributed by atoms with van der Waals surface area (Å²) in [7, 11) is 0. The van der Waals surface area contributed by atoms with E-state index in [0.717, 1.165) is 17.5 Å². The van der Waals surface area contributed by atoms with Gasteiger partial charge in [0, 0.05) is 0 Å². The SMILES string of the molecule is CCNCC(C)[CH2][Sn]([O]CC)([O]CC)[O]CC. The van der Waals surface area contributed by atoms with Crippen LogP contribution in [0.4, 0.5) is 0 Å². The third-order valence-corrected chi connectivity index (χ3v) is 12.1. The van der Waals surface area contributed by atoms with Crippen molar-refractivity contribution in [3.05, 3.63) is 0 Å². The molecule has 0 aromatic heterocycles. The number of rotatable bonds is 11. The Hall–Kier alpha value is 0.639. The summed E-state index contributed by atoms with van der Waals surface area (Å²) in [4.78, 5) is 0. The fourth-order valence-corrected chi connectivity index (χ4v) is 10.2. The first kappa shape index (κ1) is 17.6. The van der Waals surface area contributed by atoms with Crippen molar-refractivity contribution >= 4 is 19.6 Å². The molecular formula is C12H29NO3Sn. The molecule has 104 valence electrons. The van der Waals surface area contributed by atoms with Gasteiger partial charge < -0.3 is 0 Å². The maximum absolute atomic E-state index is 5.90. The van der Waals surface area contributed by atoms with Crippen molar-refractivity contribution in [2.75, 3.05) is 32.9 Å². The molecule has 0 saturated carbocycles. The Morgan fingerprint density at radius 3 is 1.76 bits per heavy atom. The summed E-state index contributed by atoms with van der Waals surface area (Å²) in [5.74, 6) is 0.537. The van der Waals surface area contributed by atoms with Crippen molar-refractivity contribution in [1.82, 2.24) is 5.32 Å². The van der Waals surface area contributed by atoms with Crippen molar-refractivity contribution in [3.63, 3.8) is 0 Å². The molecule has 0 amide bonds. The van der Waals surface area contributed by atoms with E-state index in [2.05, 4.69) is 19.2 Å². The molecule has 0 aromatic carbocycles. The van der Waals surface area contributed by atoms with Crippen LogP contribution < -0.4 is 5.32 Å². The molecule has 1 atom stereocenters. The molecule has 0 rings (SSSR count). The van der Waals surface area contributed by atoms with E-state index in [1.165, 1.54) is 0 Å². The van der Waals surface area contributed by atoms with Crippen molar-refractivity contribution in [3.8, 4) is 0 Å². The topological polar surface area (TPSA) is 39.7 Å². The Morgan fingerprint density at radius 2 is 1.41 bits per heavy atom. The van der Waals surface area contributed by atoms with Gasteiger partial charge in [-0.1, -0.05) is 0 Å². The van der Waals surface area contributed by atoms with Gasteiger partial charge in [0.2, 0.25) is 0 Å². The Labute approximate surface area is 112 Å². The average molecular weight is 354 g/mol. The second-order valence-electron chi connectivity index (χ2n) is 4.10. The summed E-state index contributed by atoms with van der Waals surface area (Å²) >= 11 is -3.26. The van der Waals surface area contributed by atoms with Gasteiger partial charge >= 0.3 is 112 Å².